The number of carbonyl (C=O) groups is 2. The van der Waals surface area contributed by atoms with Crippen LogP contribution in [-0.4, -0.2) is 29.7 Å². The topological polar surface area (TPSA) is 67.4 Å². The molecule has 0 saturated heterocycles. The Kier molecular flexibility index (Phi) is 6.98. The van der Waals surface area contributed by atoms with Crippen molar-refractivity contribution in [3.8, 4) is 0 Å². The molecule has 2 aliphatic carbocycles. The Labute approximate surface area is 159 Å². The van der Waals surface area contributed by atoms with Crippen LogP contribution < -0.4 is 10.6 Å². The average molecular weight is 367 g/mol. The van der Waals surface area contributed by atoms with Gasteiger partial charge >= 0.3 is 6.09 Å². The van der Waals surface area contributed by atoms with Crippen molar-refractivity contribution < 1.29 is 14.3 Å². The lowest BCUT2D eigenvalue weighted by Crippen LogP contribution is -2.44. The molecular weight excluding hydrogens is 328 g/mol. The fraction of sp³-hybridized carbons (Fsp3) is 0.905. The summed E-state index contributed by atoms with van der Waals surface area (Å²) in [5.74, 6) is 2.02. The Morgan fingerprint density at radius 1 is 0.962 bits per heavy atom. The summed E-state index contributed by atoms with van der Waals surface area (Å²) in [5, 5.41) is 6.21. The number of carbonyl (C=O) groups excluding carboxylic acids is 2. The predicted molar refractivity (Wildman–Crippen MR) is 104 cm³/mol. The molecule has 2 rings (SSSR count). The Bertz CT molecular complexity index is 498. The third-order valence-corrected chi connectivity index (χ3v) is 5.86. The molecule has 26 heavy (non-hydrogen) atoms. The fourth-order valence-electron chi connectivity index (χ4n) is 4.53. The zero-order chi connectivity index (χ0) is 19.5. The molecule has 0 aromatic rings. The first-order valence-corrected chi connectivity index (χ1v) is 10.3. The molecule has 2 saturated carbocycles. The average Bonchev–Trinajstić information content (AvgIpc) is 2.91. The third-order valence-electron chi connectivity index (χ3n) is 5.86. The van der Waals surface area contributed by atoms with E-state index in [0.717, 1.165) is 32.1 Å². The summed E-state index contributed by atoms with van der Waals surface area (Å²) < 4.78 is 5.33. The van der Waals surface area contributed by atoms with Crippen LogP contribution in [-0.2, 0) is 9.53 Å². The standard InChI is InChI=1S/C21H38N2O3/c1-13(2)17-10-7-14(3)11-18(17)19(24)22-15-8-9-16(12-15)23-20(25)26-21(4,5)6/h13-18H,7-12H2,1-6H3,(H,22,24)(H,23,25)/t14-,15+,16+,17+,18-/m1/s1. The molecule has 0 spiro atoms. The van der Waals surface area contributed by atoms with Gasteiger partial charge in [-0.05, 0) is 70.6 Å². The van der Waals surface area contributed by atoms with E-state index in [9.17, 15) is 9.59 Å². The number of amides is 2. The Morgan fingerprint density at radius 2 is 1.58 bits per heavy atom. The van der Waals surface area contributed by atoms with Gasteiger partial charge in [-0.1, -0.05) is 27.2 Å². The van der Waals surface area contributed by atoms with Gasteiger partial charge in [-0.25, -0.2) is 4.79 Å². The van der Waals surface area contributed by atoms with Gasteiger partial charge < -0.3 is 15.4 Å². The molecule has 0 aromatic heterocycles. The van der Waals surface area contributed by atoms with Gasteiger partial charge in [0.15, 0.2) is 0 Å². The lowest BCUT2D eigenvalue weighted by molar-refractivity contribution is -0.130. The molecule has 5 nitrogen and oxygen atoms in total. The number of nitrogens with one attached hydrogen (secondary N) is 2. The largest absolute Gasteiger partial charge is 0.444 e. The van der Waals surface area contributed by atoms with Crippen molar-refractivity contribution in [2.24, 2.45) is 23.7 Å². The zero-order valence-corrected chi connectivity index (χ0v) is 17.4. The van der Waals surface area contributed by atoms with Crippen molar-refractivity contribution in [2.75, 3.05) is 0 Å². The van der Waals surface area contributed by atoms with Gasteiger partial charge in [-0.3, -0.25) is 4.79 Å². The van der Waals surface area contributed by atoms with E-state index < -0.39 is 5.60 Å². The van der Waals surface area contributed by atoms with Gasteiger partial charge in [0.2, 0.25) is 5.91 Å². The van der Waals surface area contributed by atoms with Crippen LogP contribution in [0.1, 0.15) is 80.1 Å². The molecule has 0 heterocycles. The second-order valence-electron chi connectivity index (χ2n) is 9.79. The molecule has 0 aliphatic heterocycles. The summed E-state index contributed by atoms with van der Waals surface area (Å²) in [6, 6.07) is 0.244. The monoisotopic (exact) mass is 366 g/mol. The molecule has 2 N–H and O–H groups in total. The molecule has 0 aromatic carbocycles. The van der Waals surface area contributed by atoms with Gasteiger partial charge in [0, 0.05) is 18.0 Å². The maximum Gasteiger partial charge on any atom is 0.407 e. The van der Waals surface area contributed by atoms with Gasteiger partial charge in [0.25, 0.3) is 0 Å². The van der Waals surface area contributed by atoms with Crippen LogP contribution >= 0.6 is 0 Å². The quantitative estimate of drug-likeness (QED) is 0.781. The SMILES string of the molecule is CC(C)[C@@H]1CC[C@@H](C)C[C@H]1C(=O)N[C@H]1CC[C@H](NC(=O)OC(C)(C)C)C1. The van der Waals surface area contributed by atoms with Crippen LogP contribution in [0, 0.1) is 23.7 Å². The van der Waals surface area contributed by atoms with Gasteiger partial charge in [0.1, 0.15) is 5.60 Å². The summed E-state index contributed by atoms with van der Waals surface area (Å²) in [6.07, 6.45) is 5.62. The van der Waals surface area contributed by atoms with Crippen molar-refractivity contribution in [1.82, 2.24) is 10.6 Å². The van der Waals surface area contributed by atoms with Crippen LogP contribution in [0.4, 0.5) is 4.79 Å². The van der Waals surface area contributed by atoms with Crippen molar-refractivity contribution in [3.63, 3.8) is 0 Å². The van der Waals surface area contributed by atoms with Crippen LogP contribution in [0.2, 0.25) is 0 Å². The molecular formula is C21H38N2O3. The zero-order valence-electron chi connectivity index (χ0n) is 17.4. The fourth-order valence-corrected chi connectivity index (χ4v) is 4.53. The molecule has 2 fully saturated rings. The Hall–Kier alpha value is -1.26. The molecule has 5 heteroatoms. The van der Waals surface area contributed by atoms with E-state index in [4.69, 9.17) is 4.74 Å². The first-order chi connectivity index (χ1) is 12.0. The van der Waals surface area contributed by atoms with Crippen molar-refractivity contribution >= 4 is 12.0 Å². The van der Waals surface area contributed by atoms with Crippen molar-refractivity contribution in [1.29, 1.82) is 0 Å². The minimum absolute atomic E-state index is 0.0846. The molecule has 5 atom stereocenters. The van der Waals surface area contributed by atoms with E-state index in [2.05, 4.69) is 31.4 Å². The first kappa shape index (κ1) is 21.0. The maximum absolute atomic E-state index is 12.9. The normalized spacial score (nSPS) is 32.3. The summed E-state index contributed by atoms with van der Waals surface area (Å²) in [5.41, 5.74) is -0.486. The van der Waals surface area contributed by atoms with Crippen LogP contribution in [0.15, 0.2) is 0 Å². The summed E-state index contributed by atoms with van der Waals surface area (Å²) in [7, 11) is 0. The van der Waals surface area contributed by atoms with Gasteiger partial charge in [-0.15, -0.1) is 0 Å². The highest BCUT2D eigenvalue weighted by atomic mass is 16.6. The number of rotatable bonds is 4. The molecule has 2 amide bonds. The summed E-state index contributed by atoms with van der Waals surface area (Å²) in [4.78, 5) is 24.8. The lowest BCUT2D eigenvalue weighted by Gasteiger charge is -2.37. The van der Waals surface area contributed by atoms with E-state index >= 15 is 0 Å². The van der Waals surface area contributed by atoms with E-state index in [1.54, 1.807) is 0 Å². The minimum Gasteiger partial charge on any atom is -0.444 e. The Morgan fingerprint density at radius 3 is 2.15 bits per heavy atom. The highest BCUT2D eigenvalue weighted by Gasteiger charge is 2.37. The molecule has 2 aliphatic rings. The number of ether oxygens (including phenoxy) is 1. The number of alkyl carbamates (subject to hydrolysis) is 1. The van der Waals surface area contributed by atoms with Crippen molar-refractivity contribution in [3.05, 3.63) is 0 Å². The van der Waals surface area contributed by atoms with Gasteiger partial charge in [-0.2, -0.15) is 0 Å². The van der Waals surface area contributed by atoms with Gasteiger partial charge in [0.05, 0.1) is 0 Å². The molecule has 150 valence electrons. The van der Waals surface area contributed by atoms with E-state index in [1.165, 1.54) is 6.42 Å². The minimum atomic E-state index is -0.486. The molecule has 0 bridgehead atoms. The first-order valence-electron chi connectivity index (χ1n) is 10.3. The lowest BCUT2D eigenvalue weighted by atomic mass is 9.69. The third kappa shape index (κ3) is 6.17. The van der Waals surface area contributed by atoms with E-state index in [0.29, 0.717) is 17.8 Å². The van der Waals surface area contributed by atoms with Crippen LogP contribution in [0.3, 0.4) is 0 Å². The molecule has 0 radical (unpaired) electrons. The number of hydrogen-bond donors (Lipinski definition) is 2. The predicted octanol–water partition coefficient (Wildman–Crippen LogP) is 4.26. The van der Waals surface area contributed by atoms with Crippen LogP contribution in [0.25, 0.3) is 0 Å². The second-order valence-corrected chi connectivity index (χ2v) is 9.79. The summed E-state index contributed by atoms with van der Waals surface area (Å²) in [6.45, 7) is 12.3. The Balaban J connectivity index is 1.83. The van der Waals surface area contributed by atoms with Crippen LogP contribution in [0.5, 0.6) is 0 Å². The highest BCUT2D eigenvalue weighted by Crippen LogP contribution is 2.38. The maximum atomic E-state index is 12.9. The summed E-state index contributed by atoms with van der Waals surface area (Å²) >= 11 is 0. The highest BCUT2D eigenvalue weighted by molar-refractivity contribution is 5.79. The van der Waals surface area contributed by atoms with Crippen molar-refractivity contribution in [2.45, 2.75) is 97.8 Å². The molecule has 0 unspecified atom stereocenters. The smallest absolute Gasteiger partial charge is 0.407 e. The van der Waals surface area contributed by atoms with E-state index in [-0.39, 0.29) is 30.0 Å². The second kappa shape index (κ2) is 8.62. The van der Waals surface area contributed by atoms with E-state index in [1.807, 2.05) is 20.8 Å². The number of hydrogen-bond acceptors (Lipinski definition) is 3.